The molecule has 0 saturated carbocycles. The molecule has 0 fully saturated rings. The van der Waals surface area contributed by atoms with E-state index in [-0.39, 0.29) is 6.92 Å². The number of rotatable bonds is 8. The Morgan fingerprint density at radius 3 is 1.60 bits per heavy atom. The van der Waals surface area contributed by atoms with Gasteiger partial charge in [0, 0.05) is 12.0 Å². The lowest BCUT2D eigenvalue weighted by atomic mass is 9.83. The highest BCUT2D eigenvalue weighted by molar-refractivity contribution is 5.20. The van der Waals surface area contributed by atoms with Crippen LogP contribution in [0.25, 0.3) is 0 Å². The van der Waals surface area contributed by atoms with Crippen molar-refractivity contribution in [3.05, 3.63) is 12.2 Å². The van der Waals surface area contributed by atoms with Gasteiger partial charge in [-0.3, -0.25) is 4.39 Å². The van der Waals surface area contributed by atoms with Gasteiger partial charge in [-0.05, 0) is 12.8 Å². The molecule has 0 aromatic heterocycles. The molecule has 0 aliphatic carbocycles. The van der Waals surface area contributed by atoms with E-state index in [1.807, 2.05) is 0 Å². The summed E-state index contributed by atoms with van der Waals surface area (Å²) in [5.41, 5.74) is -6.77. The van der Waals surface area contributed by atoms with Crippen molar-refractivity contribution in [1.82, 2.24) is 0 Å². The van der Waals surface area contributed by atoms with E-state index in [9.17, 15) is 57.1 Å². The SMILES string of the molecule is CC(CCCF)C(F)(F)C(F)(F)C(F)(F)C(F)(C=C(F)F)C(F)(F)F. The molecule has 0 aromatic rings. The molecule has 150 valence electrons. The van der Waals surface area contributed by atoms with E-state index in [2.05, 4.69) is 0 Å². The summed E-state index contributed by atoms with van der Waals surface area (Å²) in [4.78, 5) is 0. The Morgan fingerprint density at radius 1 is 0.840 bits per heavy atom. The van der Waals surface area contributed by atoms with Gasteiger partial charge in [0.1, 0.15) is 0 Å². The number of hydrogen-bond acceptors (Lipinski definition) is 0. The summed E-state index contributed by atoms with van der Waals surface area (Å²) in [6.07, 6.45) is -15.0. The molecule has 0 rings (SSSR count). The maximum Gasteiger partial charge on any atom is 0.432 e. The smallest absolute Gasteiger partial charge is 0.251 e. The fourth-order valence-electron chi connectivity index (χ4n) is 1.81. The monoisotopic (exact) mass is 402 g/mol. The lowest BCUT2D eigenvalue weighted by Crippen LogP contribution is -2.68. The highest BCUT2D eigenvalue weighted by Gasteiger charge is 2.85. The van der Waals surface area contributed by atoms with E-state index in [1.54, 1.807) is 0 Å². The molecule has 0 nitrogen and oxygen atoms in total. The molecule has 0 aliphatic rings. The fourth-order valence-corrected chi connectivity index (χ4v) is 1.81. The second-order valence-corrected chi connectivity index (χ2v) is 5.15. The molecule has 0 aromatic carbocycles. The quantitative estimate of drug-likeness (QED) is 0.417. The zero-order chi connectivity index (χ0) is 20.5. The minimum atomic E-state index is -7.30. The third-order valence-electron chi connectivity index (χ3n) is 3.38. The molecule has 0 amide bonds. The maximum absolute atomic E-state index is 13.6. The molecule has 0 N–H and O–H groups in total. The van der Waals surface area contributed by atoms with Crippen LogP contribution >= 0.6 is 0 Å². The summed E-state index contributed by atoms with van der Waals surface area (Å²) in [6, 6.07) is 0. The molecule has 0 radical (unpaired) electrons. The lowest BCUT2D eigenvalue weighted by molar-refractivity contribution is -0.384. The predicted octanol–water partition coefficient (Wildman–Crippen LogP) is 6.33. The Morgan fingerprint density at radius 2 is 1.28 bits per heavy atom. The third kappa shape index (κ3) is 3.99. The first-order valence-electron chi connectivity index (χ1n) is 6.39. The van der Waals surface area contributed by atoms with E-state index in [0.29, 0.717) is 0 Å². The van der Waals surface area contributed by atoms with Gasteiger partial charge in [0.25, 0.3) is 11.7 Å². The van der Waals surface area contributed by atoms with Gasteiger partial charge < -0.3 is 0 Å². The average Bonchev–Trinajstić information content (AvgIpc) is 2.41. The molecular formula is C12H11F13. The first-order chi connectivity index (χ1) is 10.9. The summed E-state index contributed by atoms with van der Waals surface area (Å²) in [5, 5.41) is 0. The zero-order valence-electron chi connectivity index (χ0n) is 12.2. The first-order valence-corrected chi connectivity index (χ1v) is 6.39. The standard InChI is InChI=1S/C12H11F13/c1-6(3-2-4-13)9(17,18)11(21,22)10(19,20)8(16,5-7(14)15)12(23,24)25/h5-6H,2-4H2,1H3. The van der Waals surface area contributed by atoms with Crippen molar-refractivity contribution in [3.63, 3.8) is 0 Å². The summed E-state index contributed by atoms with van der Waals surface area (Å²) in [5.74, 6) is -23.1. The molecule has 0 bridgehead atoms. The molecular weight excluding hydrogens is 391 g/mol. The van der Waals surface area contributed by atoms with Gasteiger partial charge in [-0.15, -0.1) is 0 Å². The number of allylic oxidation sites excluding steroid dienone is 1. The Kier molecular flexibility index (Phi) is 6.88. The molecule has 0 saturated heterocycles. The molecule has 2 unspecified atom stereocenters. The Balaban J connectivity index is 6.28. The van der Waals surface area contributed by atoms with Crippen molar-refractivity contribution in [3.8, 4) is 0 Å². The number of hydrogen-bond donors (Lipinski definition) is 0. The second-order valence-electron chi connectivity index (χ2n) is 5.15. The molecule has 0 spiro atoms. The van der Waals surface area contributed by atoms with Crippen LogP contribution in [0.5, 0.6) is 0 Å². The van der Waals surface area contributed by atoms with Crippen molar-refractivity contribution in [1.29, 1.82) is 0 Å². The van der Waals surface area contributed by atoms with Crippen LogP contribution in [0.2, 0.25) is 0 Å². The third-order valence-corrected chi connectivity index (χ3v) is 3.38. The van der Waals surface area contributed by atoms with E-state index in [1.165, 1.54) is 0 Å². The van der Waals surface area contributed by atoms with Gasteiger partial charge in [-0.1, -0.05) is 6.92 Å². The minimum absolute atomic E-state index is 0.193. The van der Waals surface area contributed by atoms with Crippen LogP contribution in [0.15, 0.2) is 12.2 Å². The van der Waals surface area contributed by atoms with Crippen LogP contribution in [0.3, 0.4) is 0 Å². The second kappa shape index (κ2) is 7.22. The Bertz CT molecular complexity index is 474. The number of alkyl halides is 11. The fraction of sp³-hybridized carbons (Fsp3) is 0.833. The summed E-state index contributed by atoms with van der Waals surface area (Å²) >= 11 is 0. The topological polar surface area (TPSA) is 0 Å². The Labute approximate surface area is 132 Å². The van der Waals surface area contributed by atoms with Crippen molar-refractivity contribution in [2.24, 2.45) is 5.92 Å². The van der Waals surface area contributed by atoms with Crippen LogP contribution in [0.1, 0.15) is 19.8 Å². The van der Waals surface area contributed by atoms with E-state index >= 15 is 0 Å². The Hall–Kier alpha value is -1.17. The highest BCUT2D eigenvalue weighted by Crippen LogP contribution is 2.59. The van der Waals surface area contributed by atoms with Crippen LogP contribution in [0, 0.1) is 5.92 Å². The molecule has 13 heteroatoms. The van der Waals surface area contributed by atoms with Gasteiger partial charge in [0.2, 0.25) is 0 Å². The predicted molar refractivity (Wildman–Crippen MR) is 59.4 cm³/mol. The van der Waals surface area contributed by atoms with Crippen LogP contribution < -0.4 is 0 Å². The van der Waals surface area contributed by atoms with Gasteiger partial charge in [0.15, 0.2) is 0 Å². The van der Waals surface area contributed by atoms with Crippen molar-refractivity contribution >= 4 is 0 Å². The molecule has 0 aliphatic heterocycles. The zero-order valence-corrected chi connectivity index (χ0v) is 12.2. The highest BCUT2D eigenvalue weighted by atomic mass is 19.4. The molecule has 25 heavy (non-hydrogen) atoms. The minimum Gasteiger partial charge on any atom is -0.251 e. The lowest BCUT2D eigenvalue weighted by Gasteiger charge is -2.41. The largest absolute Gasteiger partial charge is 0.432 e. The van der Waals surface area contributed by atoms with Crippen molar-refractivity contribution < 1.29 is 57.1 Å². The van der Waals surface area contributed by atoms with E-state index in [4.69, 9.17) is 0 Å². The van der Waals surface area contributed by atoms with Crippen LogP contribution in [-0.4, -0.2) is 36.3 Å². The first kappa shape index (κ1) is 23.8. The normalized spacial score (nSPS) is 17.8. The molecule has 0 heterocycles. The average molecular weight is 402 g/mol. The number of halogens is 13. The maximum atomic E-state index is 13.6. The van der Waals surface area contributed by atoms with Gasteiger partial charge in [0.05, 0.1) is 6.67 Å². The van der Waals surface area contributed by atoms with E-state index < -0.39 is 67.2 Å². The molecule has 2 atom stereocenters. The van der Waals surface area contributed by atoms with Gasteiger partial charge in [-0.25, -0.2) is 4.39 Å². The van der Waals surface area contributed by atoms with Gasteiger partial charge >= 0.3 is 23.9 Å². The van der Waals surface area contributed by atoms with Gasteiger partial charge in [-0.2, -0.15) is 48.3 Å². The summed E-state index contributed by atoms with van der Waals surface area (Å²) < 4.78 is 168. The van der Waals surface area contributed by atoms with Crippen molar-refractivity contribution in [2.75, 3.05) is 6.67 Å². The van der Waals surface area contributed by atoms with Crippen molar-refractivity contribution in [2.45, 2.75) is 49.4 Å². The van der Waals surface area contributed by atoms with Crippen LogP contribution in [0.4, 0.5) is 57.1 Å². The summed E-state index contributed by atoms with van der Waals surface area (Å²) in [6.45, 7) is -1.13. The summed E-state index contributed by atoms with van der Waals surface area (Å²) in [7, 11) is 0. The van der Waals surface area contributed by atoms with E-state index in [0.717, 1.165) is 0 Å². The van der Waals surface area contributed by atoms with Crippen LogP contribution in [-0.2, 0) is 0 Å².